The maximum Gasteiger partial charge on any atom is 0.269 e. The first kappa shape index (κ1) is 21.2. The fourth-order valence-corrected chi connectivity index (χ4v) is 3.38. The Morgan fingerprint density at radius 3 is 2.34 bits per heavy atom. The second kappa shape index (κ2) is 9.43. The molecule has 2 N–H and O–H groups in total. The molecule has 3 aromatic carbocycles. The number of amides is 2. The molecule has 6 nitrogen and oxygen atoms in total. The predicted octanol–water partition coefficient (Wildman–Crippen LogP) is 4.77. The van der Waals surface area contributed by atoms with Gasteiger partial charge in [0.25, 0.3) is 11.8 Å². The van der Waals surface area contributed by atoms with Gasteiger partial charge in [-0.15, -0.1) is 0 Å². The van der Waals surface area contributed by atoms with E-state index in [9.17, 15) is 14.0 Å². The molecule has 0 saturated heterocycles. The number of halogens is 1. The third-order valence-corrected chi connectivity index (χ3v) is 5.22. The minimum Gasteiger partial charge on any atom is -0.387 e. The molecule has 2 atom stereocenters. The standard InChI is InChI=1S/C25H22FN3O3/c1-16(27-25(31)22-15-23(32-29-22)18-5-3-2-4-6-18)17-9-13-21(14-10-17)28-24(30)19-7-11-20(26)12-8-19/h2-14,16,23H,15H2,1H3,(H,27,31)(H,28,30). The second-order valence-corrected chi connectivity index (χ2v) is 7.53. The Labute approximate surface area is 185 Å². The largest absolute Gasteiger partial charge is 0.387 e. The lowest BCUT2D eigenvalue weighted by Gasteiger charge is -2.15. The molecule has 32 heavy (non-hydrogen) atoms. The molecule has 7 heteroatoms. The van der Waals surface area contributed by atoms with E-state index >= 15 is 0 Å². The average Bonchev–Trinajstić information content (AvgIpc) is 3.31. The number of benzene rings is 3. The number of hydrogen-bond acceptors (Lipinski definition) is 4. The summed E-state index contributed by atoms with van der Waals surface area (Å²) < 4.78 is 13.0. The Hall–Kier alpha value is -4.00. The van der Waals surface area contributed by atoms with Gasteiger partial charge in [-0.05, 0) is 54.4 Å². The van der Waals surface area contributed by atoms with Crippen LogP contribution in [0.5, 0.6) is 0 Å². The van der Waals surface area contributed by atoms with Crippen molar-refractivity contribution in [3.8, 4) is 0 Å². The van der Waals surface area contributed by atoms with Crippen LogP contribution in [0.1, 0.15) is 47.0 Å². The summed E-state index contributed by atoms with van der Waals surface area (Å²) in [5.41, 5.74) is 3.17. The number of carbonyl (C=O) groups is 2. The highest BCUT2D eigenvalue weighted by Gasteiger charge is 2.28. The Morgan fingerprint density at radius 2 is 1.66 bits per heavy atom. The number of nitrogens with zero attached hydrogens (tertiary/aromatic N) is 1. The normalized spacial score (nSPS) is 15.9. The van der Waals surface area contributed by atoms with Crippen molar-refractivity contribution in [1.29, 1.82) is 0 Å². The van der Waals surface area contributed by atoms with Gasteiger partial charge in [0.1, 0.15) is 11.5 Å². The van der Waals surface area contributed by atoms with Crippen molar-refractivity contribution < 1.29 is 18.8 Å². The topological polar surface area (TPSA) is 79.8 Å². The first-order chi connectivity index (χ1) is 15.5. The Bertz CT molecular complexity index is 1130. The van der Waals surface area contributed by atoms with Crippen LogP contribution in [-0.2, 0) is 9.63 Å². The summed E-state index contributed by atoms with van der Waals surface area (Å²) in [6.45, 7) is 1.87. The maximum absolute atomic E-state index is 13.0. The molecule has 1 aliphatic heterocycles. The summed E-state index contributed by atoms with van der Waals surface area (Å²) >= 11 is 0. The van der Waals surface area contributed by atoms with Crippen LogP contribution in [0, 0.1) is 5.82 Å². The Kier molecular flexibility index (Phi) is 6.26. The van der Waals surface area contributed by atoms with Gasteiger partial charge in [-0.1, -0.05) is 47.6 Å². The van der Waals surface area contributed by atoms with E-state index in [1.807, 2.05) is 49.4 Å². The summed E-state index contributed by atoms with van der Waals surface area (Å²) in [5, 5.41) is 9.65. The van der Waals surface area contributed by atoms with E-state index in [0.29, 0.717) is 23.4 Å². The molecule has 1 heterocycles. The van der Waals surface area contributed by atoms with Crippen LogP contribution in [0.2, 0.25) is 0 Å². The van der Waals surface area contributed by atoms with Gasteiger partial charge in [0.05, 0.1) is 6.04 Å². The summed E-state index contributed by atoms with van der Waals surface area (Å²) in [6.07, 6.45) is 0.160. The fraction of sp³-hybridized carbons (Fsp3) is 0.160. The Morgan fingerprint density at radius 1 is 0.969 bits per heavy atom. The monoisotopic (exact) mass is 431 g/mol. The van der Waals surface area contributed by atoms with Crippen molar-refractivity contribution in [2.24, 2.45) is 5.16 Å². The highest BCUT2D eigenvalue weighted by atomic mass is 19.1. The number of anilines is 1. The van der Waals surface area contributed by atoms with Crippen LogP contribution in [-0.4, -0.2) is 17.5 Å². The molecule has 2 unspecified atom stereocenters. The highest BCUT2D eigenvalue weighted by molar-refractivity contribution is 6.39. The first-order valence-corrected chi connectivity index (χ1v) is 10.2. The van der Waals surface area contributed by atoms with Gasteiger partial charge in [0.15, 0.2) is 6.10 Å². The minimum absolute atomic E-state index is 0.253. The number of carbonyl (C=O) groups excluding carboxylic acids is 2. The van der Waals surface area contributed by atoms with Crippen molar-refractivity contribution in [2.45, 2.75) is 25.5 Å². The molecule has 0 fully saturated rings. The van der Waals surface area contributed by atoms with E-state index in [-0.39, 0.29) is 24.0 Å². The maximum atomic E-state index is 13.0. The summed E-state index contributed by atoms with van der Waals surface area (Å²) in [4.78, 5) is 30.3. The lowest BCUT2D eigenvalue weighted by molar-refractivity contribution is -0.115. The summed E-state index contributed by atoms with van der Waals surface area (Å²) in [7, 11) is 0. The molecule has 162 valence electrons. The van der Waals surface area contributed by atoms with Gasteiger partial charge in [0.2, 0.25) is 0 Å². The quantitative estimate of drug-likeness (QED) is 0.590. The van der Waals surface area contributed by atoms with Crippen molar-refractivity contribution >= 4 is 23.2 Å². The molecule has 2 amide bonds. The number of hydrogen-bond donors (Lipinski definition) is 2. The van der Waals surface area contributed by atoms with Crippen LogP contribution >= 0.6 is 0 Å². The molecule has 3 aromatic rings. The molecule has 0 saturated carbocycles. The van der Waals surface area contributed by atoms with Gasteiger partial charge in [-0.3, -0.25) is 9.59 Å². The fourth-order valence-electron chi connectivity index (χ4n) is 3.38. The number of rotatable bonds is 6. The molecule has 0 radical (unpaired) electrons. The van der Waals surface area contributed by atoms with Crippen molar-refractivity contribution in [3.63, 3.8) is 0 Å². The molecular formula is C25H22FN3O3. The zero-order valence-corrected chi connectivity index (χ0v) is 17.4. The van der Waals surface area contributed by atoms with Gasteiger partial charge in [-0.2, -0.15) is 0 Å². The number of nitrogens with one attached hydrogen (secondary N) is 2. The number of oxime groups is 1. The van der Waals surface area contributed by atoms with E-state index in [4.69, 9.17) is 4.84 Å². The zero-order chi connectivity index (χ0) is 22.5. The molecule has 0 aromatic heterocycles. The molecular weight excluding hydrogens is 409 g/mol. The lowest BCUT2D eigenvalue weighted by Crippen LogP contribution is -2.32. The van der Waals surface area contributed by atoms with Crippen LogP contribution in [0.15, 0.2) is 84.0 Å². The average molecular weight is 431 g/mol. The van der Waals surface area contributed by atoms with E-state index in [1.54, 1.807) is 12.1 Å². The van der Waals surface area contributed by atoms with Crippen molar-refractivity contribution in [2.75, 3.05) is 5.32 Å². The van der Waals surface area contributed by atoms with Gasteiger partial charge >= 0.3 is 0 Å². The smallest absolute Gasteiger partial charge is 0.269 e. The summed E-state index contributed by atoms with van der Waals surface area (Å²) in [6, 6.07) is 21.9. The molecule has 1 aliphatic rings. The van der Waals surface area contributed by atoms with Crippen molar-refractivity contribution in [3.05, 3.63) is 101 Å². The SMILES string of the molecule is CC(NC(=O)C1=NOC(c2ccccc2)C1)c1ccc(NC(=O)c2ccc(F)cc2)cc1. The highest BCUT2D eigenvalue weighted by Crippen LogP contribution is 2.27. The summed E-state index contributed by atoms with van der Waals surface area (Å²) in [5.74, 6) is -0.997. The zero-order valence-electron chi connectivity index (χ0n) is 17.4. The lowest BCUT2D eigenvalue weighted by atomic mass is 10.0. The van der Waals surface area contributed by atoms with E-state index < -0.39 is 5.82 Å². The molecule has 0 spiro atoms. The predicted molar refractivity (Wildman–Crippen MR) is 120 cm³/mol. The van der Waals surface area contributed by atoms with Crippen molar-refractivity contribution in [1.82, 2.24) is 5.32 Å². The van der Waals surface area contributed by atoms with Gasteiger partial charge in [-0.25, -0.2) is 4.39 Å². The first-order valence-electron chi connectivity index (χ1n) is 10.2. The van der Waals surface area contributed by atoms with E-state index in [1.165, 1.54) is 24.3 Å². The van der Waals surface area contributed by atoms with Crippen LogP contribution in [0.25, 0.3) is 0 Å². The van der Waals surface area contributed by atoms with Crippen LogP contribution in [0.3, 0.4) is 0 Å². The molecule has 4 rings (SSSR count). The third-order valence-electron chi connectivity index (χ3n) is 5.22. The van der Waals surface area contributed by atoms with Gasteiger partial charge in [0, 0.05) is 17.7 Å². The second-order valence-electron chi connectivity index (χ2n) is 7.53. The van der Waals surface area contributed by atoms with E-state index in [0.717, 1.165) is 11.1 Å². The van der Waals surface area contributed by atoms with Gasteiger partial charge < -0.3 is 15.5 Å². The third kappa shape index (κ3) is 5.00. The molecule has 0 aliphatic carbocycles. The van der Waals surface area contributed by atoms with Crippen LogP contribution in [0.4, 0.5) is 10.1 Å². The Balaban J connectivity index is 1.32. The van der Waals surface area contributed by atoms with Crippen LogP contribution < -0.4 is 10.6 Å². The van der Waals surface area contributed by atoms with E-state index in [2.05, 4.69) is 15.8 Å². The molecule has 0 bridgehead atoms. The minimum atomic E-state index is -0.396.